The van der Waals surface area contributed by atoms with Crippen LogP contribution in [0, 0.1) is 0 Å². The van der Waals surface area contributed by atoms with Crippen molar-refractivity contribution in [2.75, 3.05) is 38.8 Å². The minimum Gasteiger partial charge on any atom is -0.496 e. The van der Waals surface area contributed by atoms with Crippen LogP contribution >= 0.6 is 0 Å². The molecule has 0 unspecified atom stereocenters. The lowest BCUT2D eigenvalue weighted by Crippen LogP contribution is -2.40. The Kier molecular flexibility index (Phi) is 5.28. The van der Waals surface area contributed by atoms with Crippen molar-refractivity contribution in [3.63, 3.8) is 0 Å². The van der Waals surface area contributed by atoms with E-state index in [1.54, 1.807) is 37.3 Å². The first-order valence-corrected chi connectivity index (χ1v) is 8.20. The summed E-state index contributed by atoms with van der Waals surface area (Å²) in [5.74, 6) is 1.95. The zero-order chi connectivity index (χ0) is 17.6. The van der Waals surface area contributed by atoms with Gasteiger partial charge >= 0.3 is 6.03 Å². The van der Waals surface area contributed by atoms with Gasteiger partial charge < -0.3 is 19.5 Å². The van der Waals surface area contributed by atoms with Gasteiger partial charge in [-0.1, -0.05) is 18.2 Å². The van der Waals surface area contributed by atoms with E-state index in [2.05, 4.69) is 11.4 Å². The van der Waals surface area contributed by atoms with Crippen molar-refractivity contribution in [3.8, 4) is 17.2 Å². The van der Waals surface area contributed by atoms with E-state index in [1.807, 2.05) is 18.2 Å². The van der Waals surface area contributed by atoms with Crippen LogP contribution in [0.25, 0.3) is 0 Å². The molecule has 0 spiro atoms. The third kappa shape index (κ3) is 3.96. The molecule has 6 nitrogen and oxygen atoms in total. The van der Waals surface area contributed by atoms with Gasteiger partial charge in [0.2, 0.25) is 0 Å². The van der Waals surface area contributed by atoms with Crippen LogP contribution in [0.4, 0.5) is 10.5 Å². The molecule has 0 saturated carbocycles. The number of anilines is 1. The topological polar surface area (TPSA) is 60.0 Å². The molecule has 1 aliphatic rings. The number of hydrogen-bond donors (Lipinski definition) is 1. The minimum absolute atomic E-state index is 0.100. The zero-order valence-electron chi connectivity index (χ0n) is 14.5. The van der Waals surface area contributed by atoms with Crippen LogP contribution in [0.5, 0.6) is 17.2 Å². The van der Waals surface area contributed by atoms with Crippen molar-refractivity contribution in [3.05, 3.63) is 48.0 Å². The number of carbonyl (C=O) groups is 1. The monoisotopic (exact) mass is 342 g/mol. The molecule has 3 rings (SSSR count). The highest BCUT2D eigenvalue weighted by Gasteiger charge is 2.23. The molecule has 0 fully saturated rings. The van der Waals surface area contributed by atoms with Crippen LogP contribution in [0.15, 0.2) is 42.5 Å². The molecule has 0 saturated heterocycles. The third-order valence-electron chi connectivity index (χ3n) is 4.10. The van der Waals surface area contributed by atoms with Crippen LogP contribution in [0.3, 0.4) is 0 Å². The van der Waals surface area contributed by atoms with Crippen LogP contribution in [0.1, 0.15) is 5.56 Å². The van der Waals surface area contributed by atoms with E-state index < -0.39 is 0 Å². The zero-order valence-corrected chi connectivity index (χ0v) is 14.5. The van der Waals surface area contributed by atoms with Crippen LogP contribution in [-0.2, 0) is 6.42 Å². The first-order valence-electron chi connectivity index (χ1n) is 8.20. The number of nitrogens with one attached hydrogen (secondary N) is 1. The van der Waals surface area contributed by atoms with E-state index >= 15 is 0 Å². The first kappa shape index (κ1) is 17.0. The van der Waals surface area contributed by atoms with E-state index in [1.165, 1.54) is 5.56 Å². The molecule has 132 valence electrons. The van der Waals surface area contributed by atoms with Gasteiger partial charge in [-0.3, -0.25) is 4.90 Å². The predicted octanol–water partition coefficient (Wildman–Crippen LogP) is 2.85. The summed E-state index contributed by atoms with van der Waals surface area (Å²) in [7, 11) is 3.18. The van der Waals surface area contributed by atoms with Crippen molar-refractivity contribution in [1.82, 2.24) is 5.32 Å². The molecule has 0 radical (unpaired) electrons. The van der Waals surface area contributed by atoms with Gasteiger partial charge in [-0.15, -0.1) is 0 Å². The Balaban J connectivity index is 1.50. The summed E-state index contributed by atoms with van der Waals surface area (Å²) in [5.41, 5.74) is 2.19. The molecule has 1 aliphatic heterocycles. The van der Waals surface area contributed by atoms with Crippen molar-refractivity contribution in [2.45, 2.75) is 6.42 Å². The SMILES string of the molecule is COc1cc(OC)cc(OCCNC(=O)N2CCc3ccccc32)c1. The van der Waals surface area contributed by atoms with Gasteiger partial charge in [-0.25, -0.2) is 4.79 Å². The Morgan fingerprint density at radius 2 is 1.76 bits per heavy atom. The molecular weight excluding hydrogens is 320 g/mol. The summed E-state index contributed by atoms with van der Waals surface area (Å²) in [6.07, 6.45) is 0.893. The van der Waals surface area contributed by atoms with Gasteiger partial charge in [0.1, 0.15) is 23.9 Å². The highest BCUT2D eigenvalue weighted by Crippen LogP contribution is 2.28. The van der Waals surface area contributed by atoms with E-state index in [4.69, 9.17) is 14.2 Å². The molecule has 2 aromatic carbocycles. The lowest BCUT2D eigenvalue weighted by molar-refractivity contribution is 0.242. The number of carbonyl (C=O) groups excluding carboxylic acids is 1. The number of fused-ring (bicyclic) bond motifs is 1. The molecule has 2 aromatic rings. The summed E-state index contributed by atoms with van der Waals surface area (Å²) in [6.45, 7) is 1.48. The maximum Gasteiger partial charge on any atom is 0.322 e. The van der Waals surface area contributed by atoms with E-state index in [0.717, 1.165) is 12.1 Å². The molecule has 0 atom stereocenters. The average molecular weight is 342 g/mol. The predicted molar refractivity (Wildman–Crippen MR) is 95.9 cm³/mol. The fraction of sp³-hybridized carbons (Fsp3) is 0.316. The Hall–Kier alpha value is -2.89. The van der Waals surface area contributed by atoms with E-state index in [0.29, 0.717) is 36.9 Å². The van der Waals surface area contributed by atoms with Crippen molar-refractivity contribution < 1.29 is 19.0 Å². The van der Waals surface area contributed by atoms with Gasteiger partial charge in [0.05, 0.1) is 20.8 Å². The maximum atomic E-state index is 12.3. The fourth-order valence-electron chi connectivity index (χ4n) is 2.84. The molecule has 1 N–H and O–H groups in total. The lowest BCUT2D eigenvalue weighted by Gasteiger charge is -2.18. The Morgan fingerprint density at radius 1 is 1.08 bits per heavy atom. The second kappa shape index (κ2) is 7.79. The minimum atomic E-state index is -0.100. The van der Waals surface area contributed by atoms with Crippen LogP contribution in [-0.4, -0.2) is 39.9 Å². The number of nitrogens with zero attached hydrogens (tertiary/aromatic N) is 1. The second-order valence-corrected chi connectivity index (χ2v) is 5.66. The van der Waals surface area contributed by atoms with E-state index in [-0.39, 0.29) is 6.03 Å². The van der Waals surface area contributed by atoms with Gasteiger partial charge in [-0.05, 0) is 18.1 Å². The maximum absolute atomic E-state index is 12.3. The largest absolute Gasteiger partial charge is 0.496 e. The summed E-state index contributed by atoms with van der Waals surface area (Å²) in [6, 6.07) is 13.2. The molecule has 1 heterocycles. The van der Waals surface area contributed by atoms with Crippen LogP contribution in [0.2, 0.25) is 0 Å². The van der Waals surface area contributed by atoms with Gasteiger partial charge in [0.25, 0.3) is 0 Å². The van der Waals surface area contributed by atoms with Gasteiger partial charge in [0, 0.05) is 30.4 Å². The second-order valence-electron chi connectivity index (χ2n) is 5.66. The van der Waals surface area contributed by atoms with E-state index in [9.17, 15) is 4.79 Å². The first-order chi connectivity index (χ1) is 12.2. The fourth-order valence-corrected chi connectivity index (χ4v) is 2.84. The normalized spacial score (nSPS) is 12.5. The average Bonchev–Trinajstić information content (AvgIpc) is 3.09. The summed E-state index contributed by atoms with van der Waals surface area (Å²) >= 11 is 0. The number of benzene rings is 2. The number of methoxy groups -OCH3 is 2. The Morgan fingerprint density at radius 3 is 2.48 bits per heavy atom. The number of hydrogen-bond acceptors (Lipinski definition) is 4. The Bertz CT molecular complexity index is 726. The van der Waals surface area contributed by atoms with Gasteiger partial charge in [0.15, 0.2) is 0 Å². The third-order valence-corrected chi connectivity index (χ3v) is 4.10. The van der Waals surface area contributed by atoms with Crippen molar-refractivity contribution in [2.24, 2.45) is 0 Å². The quantitative estimate of drug-likeness (QED) is 0.820. The molecular formula is C19H22N2O4. The number of urea groups is 1. The van der Waals surface area contributed by atoms with Crippen molar-refractivity contribution in [1.29, 1.82) is 0 Å². The summed E-state index contributed by atoms with van der Waals surface area (Å²) in [5, 5.41) is 2.89. The molecule has 0 bridgehead atoms. The van der Waals surface area contributed by atoms with Crippen molar-refractivity contribution >= 4 is 11.7 Å². The highest BCUT2D eigenvalue weighted by atomic mass is 16.5. The molecule has 6 heteroatoms. The standard InChI is InChI=1S/C19H22N2O4/c1-23-15-11-16(24-2)13-17(12-15)25-10-8-20-19(22)21-9-7-14-5-3-4-6-18(14)21/h3-6,11-13H,7-10H2,1-2H3,(H,20,22). The summed E-state index contributed by atoms with van der Waals surface area (Å²) in [4.78, 5) is 14.1. The smallest absolute Gasteiger partial charge is 0.322 e. The lowest BCUT2D eigenvalue weighted by atomic mass is 10.2. The molecule has 25 heavy (non-hydrogen) atoms. The highest BCUT2D eigenvalue weighted by molar-refractivity contribution is 5.94. The molecule has 0 aromatic heterocycles. The molecule has 2 amide bonds. The number of rotatable bonds is 6. The number of ether oxygens (including phenoxy) is 3. The summed E-state index contributed by atoms with van der Waals surface area (Å²) < 4.78 is 16.1. The molecule has 0 aliphatic carbocycles. The Labute approximate surface area is 147 Å². The van der Waals surface area contributed by atoms with Gasteiger partial charge in [-0.2, -0.15) is 0 Å². The number of para-hydroxylation sites is 1. The van der Waals surface area contributed by atoms with Crippen LogP contribution < -0.4 is 24.4 Å². The number of amides is 2.